The SMILES string of the molecule is [CH2]CC(O)OCC=C.[NaH]. The molecule has 49 valence electrons. The minimum atomic E-state index is -0.729. The van der Waals surface area contributed by atoms with Gasteiger partial charge < -0.3 is 9.84 Å². The zero-order valence-corrected chi connectivity index (χ0v) is 4.84. The second kappa shape index (κ2) is 8.66. The monoisotopic (exact) mass is 139 g/mol. The summed E-state index contributed by atoms with van der Waals surface area (Å²) in [6.07, 6.45) is 1.24. The van der Waals surface area contributed by atoms with E-state index in [0.29, 0.717) is 13.0 Å². The van der Waals surface area contributed by atoms with Crippen molar-refractivity contribution in [1.82, 2.24) is 0 Å². The number of aliphatic hydroxyl groups excluding tert-OH is 1. The summed E-state index contributed by atoms with van der Waals surface area (Å²) < 4.78 is 4.72. The van der Waals surface area contributed by atoms with Gasteiger partial charge in [0.25, 0.3) is 0 Å². The maximum atomic E-state index is 8.66. The quantitative estimate of drug-likeness (QED) is 0.339. The van der Waals surface area contributed by atoms with Gasteiger partial charge in [-0.2, -0.15) is 0 Å². The van der Waals surface area contributed by atoms with E-state index in [-0.39, 0.29) is 29.6 Å². The van der Waals surface area contributed by atoms with E-state index in [1.165, 1.54) is 0 Å². The molecule has 0 saturated carbocycles. The molecule has 3 heteroatoms. The van der Waals surface area contributed by atoms with Crippen molar-refractivity contribution in [2.75, 3.05) is 6.61 Å². The fraction of sp³-hybridized carbons (Fsp3) is 0.500. The van der Waals surface area contributed by atoms with Crippen LogP contribution < -0.4 is 0 Å². The maximum absolute atomic E-state index is 8.66. The van der Waals surface area contributed by atoms with Gasteiger partial charge in [-0.1, -0.05) is 6.08 Å². The van der Waals surface area contributed by atoms with Gasteiger partial charge in [-0.25, -0.2) is 0 Å². The summed E-state index contributed by atoms with van der Waals surface area (Å²) >= 11 is 0. The Bertz CT molecular complexity index is 66.1. The van der Waals surface area contributed by atoms with E-state index >= 15 is 0 Å². The molecular formula is C6H12NaO2. The summed E-state index contributed by atoms with van der Waals surface area (Å²) in [6, 6.07) is 0. The summed E-state index contributed by atoms with van der Waals surface area (Å²) in [5.74, 6) is 0. The van der Waals surface area contributed by atoms with Crippen molar-refractivity contribution in [3.05, 3.63) is 19.6 Å². The molecule has 0 aromatic heterocycles. The molecule has 0 aliphatic rings. The molecule has 1 radical (unpaired) electrons. The van der Waals surface area contributed by atoms with E-state index in [4.69, 9.17) is 9.84 Å². The summed E-state index contributed by atoms with van der Waals surface area (Å²) in [5.41, 5.74) is 0. The molecule has 0 saturated heterocycles. The average Bonchev–Trinajstić information content (AvgIpc) is 1.83. The van der Waals surface area contributed by atoms with Crippen LogP contribution in [0.15, 0.2) is 12.7 Å². The first-order valence-electron chi connectivity index (χ1n) is 2.51. The normalized spacial score (nSPS) is 11.8. The zero-order chi connectivity index (χ0) is 6.41. The van der Waals surface area contributed by atoms with Crippen molar-refractivity contribution in [2.45, 2.75) is 12.7 Å². The van der Waals surface area contributed by atoms with E-state index in [1.54, 1.807) is 6.08 Å². The third-order valence-corrected chi connectivity index (χ3v) is 0.653. The van der Waals surface area contributed by atoms with E-state index in [1.807, 2.05) is 0 Å². The first-order chi connectivity index (χ1) is 3.81. The molecule has 1 atom stereocenters. The summed E-state index contributed by atoms with van der Waals surface area (Å²) in [4.78, 5) is 0. The third kappa shape index (κ3) is 8.66. The molecule has 0 aromatic carbocycles. The number of ether oxygens (including phenoxy) is 1. The standard InChI is InChI=1S/C6H11O2.Na.H/c1-3-5-8-6(7)4-2;;/h3,6-7H,1-2,4-5H2;;. The molecule has 0 fully saturated rings. The van der Waals surface area contributed by atoms with Crippen LogP contribution in [0, 0.1) is 6.92 Å². The van der Waals surface area contributed by atoms with Crippen LogP contribution in [0.1, 0.15) is 6.42 Å². The molecule has 0 amide bonds. The number of aliphatic hydroxyl groups is 1. The van der Waals surface area contributed by atoms with Crippen LogP contribution >= 0.6 is 0 Å². The molecule has 0 bridgehead atoms. The third-order valence-electron chi connectivity index (χ3n) is 0.653. The second-order valence-electron chi connectivity index (χ2n) is 1.37. The Morgan fingerprint density at radius 2 is 2.22 bits per heavy atom. The molecule has 0 rings (SSSR count). The van der Waals surface area contributed by atoms with E-state index in [0.717, 1.165) is 0 Å². The van der Waals surface area contributed by atoms with Gasteiger partial charge in [0.05, 0.1) is 6.61 Å². The summed E-state index contributed by atoms with van der Waals surface area (Å²) in [5, 5.41) is 8.66. The van der Waals surface area contributed by atoms with Crippen LogP contribution in [0.4, 0.5) is 0 Å². The van der Waals surface area contributed by atoms with Gasteiger partial charge in [-0.05, 0) is 13.3 Å². The summed E-state index contributed by atoms with van der Waals surface area (Å²) in [7, 11) is 0. The van der Waals surface area contributed by atoms with Crippen LogP contribution in [0.2, 0.25) is 0 Å². The van der Waals surface area contributed by atoms with Gasteiger partial charge in [-0.3, -0.25) is 0 Å². The predicted octanol–water partition coefficient (Wildman–Crippen LogP) is 0.0831. The second-order valence-corrected chi connectivity index (χ2v) is 1.37. The Kier molecular flexibility index (Phi) is 11.9. The van der Waals surface area contributed by atoms with Gasteiger partial charge in [0.15, 0.2) is 6.29 Å². The van der Waals surface area contributed by atoms with Crippen molar-refractivity contribution in [3.8, 4) is 0 Å². The van der Waals surface area contributed by atoms with Crippen LogP contribution in [0.3, 0.4) is 0 Å². The van der Waals surface area contributed by atoms with Crippen LogP contribution in [0.5, 0.6) is 0 Å². The molecule has 0 aliphatic carbocycles. The van der Waals surface area contributed by atoms with Crippen molar-refractivity contribution in [1.29, 1.82) is 0 Å². The van der Waals surface area contributed by atoms with Gasteiger partial charge in [0.1, 0.15) is 0 Å². The zero-order valence-electron chi connectivity index (χ0n) is 4.84. The minimum absolute atomic E-state index is 0. The molecule has 0 aliphatic heterocycles. The van der Waals surface area contributed by atoms with Gasteiger partial charge in [0.2, 0.25) is 0 Å². The van der Waals surface area contributed by atoms with Gasteiger partial charge >= 0.3 is 29.6 Å². The summed E-state index contributed by atoms with van der Waals surface area (Å²) in [6.45, 7) is 7.23. The number of rotatable bonds is 4. The first kappa shape index (κ1) is 12.3. The van der Waals surface area contributed by atoms with E-state index in [9.17, 15) is 0 Å². The topological polar surface area (TPSA) is 29.5 Å². The van der Waals surface area contributed by atoms with Crippen LogP contribution in [-0.4, -0.2) is 47.6 Å². The van der Waals surface area contributed by atoms with Gasteiger partial charge in [-0.15, -0.1) is 6.58 Å². The Morgan fingerprint density at radius 3 is 2.56 bits per heavy atom. The fourth-order valence-corrected chi connectivity index (χ4v) is 0.262. The Morgan fingerprint density at radius 1 is 1.67 bits per heavy atom. The Hall–Kier alpha value is 0.660. The van der Waals surface area contributed by atoms with E-state index < -0.39 is 6.29 Å². The molecular weight excluding hydrogens is 127 g/mol. The molecule has 1 unspecified atom stereocenters. The number of hydrogen-bond donors (Lipinski definition) is 1. The first-order valence-corrected chi connectivity index (χ1v) is 2.51. The predicted molar refractivity (Wildman–Crippen MR) is 39.3 cm³/mol. The molecule has 0 aromatic rings. The Labute approximate surface area is 78.2 Å². The van der Waals surface area contributed by atoms with Crippen molar-refractivity contribution >= 4 is 29.6 Å². The fourth-order valence-electron chi connectivity index (χ4n) is 0.262. The van der Waals surface area contributed by atoms with E-state index in [2.05, 4.69) is 13.5 Å². The average molecular weight is 139 g/mol. The molecule has 2 nitrogen and oxygen atoms in total. The number of hydrogen-bond acceptors (Lipinski definition) is 2. The van der Waals surface area contributed by atoms with Crippen molar-refractivity contribution < 1.29 is 9.84 Å². The van der Waals surface area contributed by atoms with Gasteiger partial charge in [0, 0.05) is 0 Å². The van der Waals surface area contributed by atoms with Crippen LogP contribution in [0.25, 0.3) is 0 Å². The molecule has 1 N–H and O–H groups in total. The Balaban J connectivity index is 0. The molecule has 0 heterocycles. The molecule has 0 spiro atoms. The van der Waals surface area contributed by atoms with Crippen LogP contribution in [-0.2, 0) is 4.74 Å². The van der Waals surface area contributed by atoms with Crippen molar-refractivity contribution in [2.24, 2.45) is 0 Å². The van der Waals surface area contributed by atoms with Crippen molar-refractivity contribution in [3.63, 3.8) is 0 Å². The molecule has 9 heavy (non-hydrogen) atoms.